The molecule has 472 valence electrons. The molecule has 0 unspecified atom stereocenters. The number of fused-ring (bicyclic) bond motifs is 2. The zero-order chi connectivity index (χ0) is 64.7. The van der Waals surface area contributed by atoms with Crippen LogP contribution < -0.4 is 10.6 Å². The van der Waals surface area contributed by atoms with Gasteiger partial charge in [0.2, 0.25) is 0 Å². The number of hydrogen-bond acceptors (Lipinski definition) is 18. The number of urea groups is 2. The van der Waals surface area contributed by atoms with E-state index in [1.54, 1.807) is 46.5 Å². The van der Waals surface area contributed by atoms with Gasteiger partial charge in [0.1, 0.15) is 23.7 Å². The molecule has 0 bridgehead atoms. The smallest absolute Gasteiger partial charge is 0.338 e. The van der Waals surface area contributed by atoms with Gasteiger partial charge in [-0.3, -0.25) is 19.8 Å². The quantitative estimate of drug-likeness (QED) is 0.0619. The number of amides is 4. The van der Waals surface area contributed by atoms with Gasteiger partial charge in [0.25, 0.3) is 0 Å². The van der Waals surface area contributed by atoms with Gasteiger partial charge in [0, 0.05) is 132 Å². The summed E-state index contributed by atoms with van der Waals surface area (Å²) in [5.74, 6) is 8.65. The highest BCUT2D eigenvalue weighted by atomic mass is 35.5. The number of hydrogen-bond donors (Lipinski definition) is 4. The number of ether oxygens (including phenoxy) is 2. The summed E-state index contributed by atoms with van der Waals surface area (Å²) >= 11 is 15.7. The first-order valence-corrected chi connectivity index (χ1v) is 31.2. The first-order valence-electron chi connectivity index (χ1n) is 28.7. The van der Waals surface area contributed by atoms with Crippen molar-refractivity contribution in [2.24, 2.45) is 9.98 Å². The highest BCUT2D eigenvalue weighted by Crippen LogP contribution is 2.39. The summed E-state index contributed by atoms with van der Waals surface area (Å²) in [4.78, 5) is 105. The zero-order valence-corrected chi connectivity index (χ0v) is 52.3. The van der Waals surface area contributed by atoms with Gasteiger partial charge in [-0.05, 0) is 66.7 Å². The molecule has 4 aromatic carbocycles. The first-order chi connectivity index (χ1) is 44.4. The number of amidine groups is 2. The molecule has 92 heavy (non-hydrogen) atoms. The van der Waals surface area contributed by atoms with Crippen LogP contribution in [0.2, 0.25) is 10.0 Å². The fraction of sp³-hybridized carbons (Fsp3) is 0.281. The van der Waals surface area contributed by atoms with Crippen molar-refractivity contribution in [3.63, 3.8) is 0 Å². The lowest BCUT2D eigenvalue weighted by atomic mass is 9.95. The van der Waals surface area contributed by atoms with Gasteiger partial charge in [-0.25, -0.2) is 47.5 Å². The largest absolute Gasteiger partial charge is 0.478 e. The minimum absolute atomic E-state index is 0.0851. The number of carboxylic acids is 2. The van der Waals surface area contributed by atoms with Crippen molar-refractivity contribution >= 4 is 93.5 Å². The number of carbonyl (C=O) groups is 6. The fourth-order valence-electron chi connectivity index (χ4n) is 11.5. The van der Waals surface area contributed by atoms with E-state index >= 15 is 0 Å². The molecule has 8 heterocycles. The summed E-state index contributed by atoms with van der Waals surface area (Å²) in [6.07, 6.45) is 3.31. The van der Waals surface area contributed by atoms with E-state index < -0.39 is 47.6 Å². The SMILES string of the molecule is COC(=O)C1=C(CN2CCN3C(=O)N(CC#Cc4ccc(C(=O)O)cc4)C[C@H]3C2)NC(c2nccs2)=N[C@H]1c1ccc(F)cc1Cl.COC(=O)C1=C(CN2CCN3C(=O)N(CC#Cc4cccc(C(=O)O)c4)C[C@@H]3C2)NC(c2nccs2)=N[C@H]1c1ccc(F)cc1Cl. The number of carboxylic acid groups (broad SMARTS) is 2. The van der Waals surface area contributed by atoms with Gasteiger partial charge in [-0.2, -0.15) is 0 Å². The van der Waals surface area contributed by atoms with Crippen molar-refractivity contribution in [2.45, 2.75) is 24.2 Å². The topological polar surface area (TPSA) is 255 Å². The van der Waals surface area contributed by atoms with E-state index in [0.717, 1.165) is 0 Å². The Balaban J connectivity index is 0.000000188. The maximum absolute atomic E-state index is 14.0. The van der Waals surface area contributed by atoms with Crippen LogP contribution >= 0.6 is 45.9 Å². The fourth-order valence-corrected chi connectivity index (χ4v) is 13.2. The van der Waals surface area contributed by atoms with Gasteiger partial charge in [-0.1, -0.05) is 65.1 Å². The minimum Gasteiger partial charge on any atom is -0.478 e. The lowest BCUT2D eigenvalue weighted by Gasteiger charge is -2.38. The number of nitrogens with zero attached hydrogens (tertiary/aromatic N) is 10. The lowest BCUT2D eigenvalue weighted by molar-refractivity contribution is -0.137. The van der Waals surface area contributed by atoms with E-state index in [2.05, 4.69) is 54.1 Å². The van der Waals surface area contributed by atoms with E-state index in [1.165, 1.54) is 97.6 Å². The third-order valence-electron chi connectivity index (χ3n) is 15.9. The molecule has 4 fully saturated rings. The number of benzene rings is 4. The van der Waals surface area contributed by atoms with Crippen molar-refractivity contribution in [1.29, 1.82) is 0 Å². The number of rotatable bonds is 14. The predicted octanol–water partition coefficient (Wildman–Crippen LogP) is 7.25. The van der Waals surface area contributed by atoms with Gasteiger partial charge in [0.15, 0.2) is 21.7 Å². The summed E-state index contributed by atoms with van der Waals surface area (Å²) in [5.41, 5.74) is 4.10. The van der Waals surface area contributed by atoms with Crippen molar-refractivity contribution in [3.8, 4) is 23.7 Å². The number of esters is 2. The molecule has 0 spiro atoms. The normalized spacial score (nSPS) is 19.6. The first kappa shape index (κ1) is 64.0. The van der Waals surface area contributed by atoms with Crippen LogP contribution in [0.15, 0.2) is 141 Å². The number of aromatic nitrogens is 2. The van der Waals surface area contributed by atoms with Crippen molar-refractivity contribution < 1.29 is 57.2 Å². The van der Waals surface area contributed by atoms with Crippen molar-refractivity contribution in [1.82, 2.24) is 50.0 Å². The second-order valence-electron chi connectivity index (χ2n) is 21.6. The number of carbonyl (C=O) groups excluding carboxylic acids is 4. The van der Waals surface area contributed by atoms with E-state index in [1.807, 2.05) is 20.6 Å². The van der Waals surface area contributed by atoms with Gasteiger partial charge >= 0.3 is 35.9 Å². The lowest BCUT2D eigenvalue weighted by Crippen LogP contribution is -2.53. The number of nitrogens with one attached hydrogen (secondary N) is 2. The summed E-state index contributed by atoms with van der Waals surface area (Å²) in [5, 5.41) is 30.0. The summed E-state index contributed by atoms with van der Waals surface area (Å²) < 4.78 is 38.3. The molecule has 0 saturated carbocycles. The van der Waals surface area contributed by atoms with Crippen LogP contribution in [0, 0.1) is 35.3 Å². The van der Waals surface area contributed by atoms with E-state index in [4.69, 9.17) is 47.8 Å². The number of thiazole rings is 2. The van der Waals surface area contributed by atoms with Crippen LogP contribution in [-0.2, 0) is 19.1 Å². The Morgan fingerprint density at radius 1 is 0.609 bits per heavy atom. The van der Waals surface area contributed by atoms with Crippen molar-refractivity contribution in [3.05, 3.63) is 196 Å². The molecule has 4 N–H and O–H groups in total. The summed E-state index contributed by atoms with van der Waals surface area (Å²) in [7, 11) is 2.58. The monoisotopic (exact) mass is 1320 g/mol. The van der Waals surface area contributed by atoms with E-state index in [-0.39, 0.29) is 69.6 Å². The number of methoxy groups -OCH3 is 2. The average molecular weight is 1330 g/mol. The average Bonchev–Trinajstić information content (AvgIpc) is 0.934. The van der Waals surface area contributed by atoms with Crippen LogP contribution in [0.25, 0.3) is 0 Å². The second kappa shape index (κ2) is 28.3. The molecule has 4 saturated heterocycles. The number of aromatic carboxylic acids is 2. The molecule has 4 atom stereocenters. The Hall–Kier alpha value is -9.54. The van der Waals surface area contributed by atoms with E-state index in [9.17, 15) is 42.7 Å². The Kier molecular flexibility index (Phi) is 19.7. The Morgan fingerprint density at radius 2 is 1.08 bits per heavy atom. The predicted molar refractivity (Wildman–Crippen MR) is 338 cm³/mol. The standard InChI is InChI=1S/2C32H28ClFN6O5S/c1-45-31(43)26-25(36-28(29-35-9-13-46-29)37-27(26)23-8-7-21(34)15-24(23)33)18-38-11-12-40-22(16-38)17-39(32(40)44)10-3-5-19-4-2-6-20(14-19)30(41)42;1-45-31(43)26-25(36-28(29-35-10-14-46-29)37-27(26)23-9-8-21(34)15-24(23)33)18-38-12-13-40-22(16-38)17-39(32(40)44)11-2-3-19-4-6-20(7-5-19)30(41)42/h2,4,6-9,13-15,22,27H,10-12,16-18H2,1H3,(H,36,37)(H,41,42);4-10,14-15,22,27H,11-13,16-18H2,1H3,(H,36,37)(H,41,42)/t22-,27-;22-,27+/m01/s1. The molecular formula is C64H56Cl2F2N12O10S2. The second-order valence-corrected chi connectivity index (χ2v) is 24.3. The molecule has 6 aromatic rings. The van der Waals surface area contributed by atoms with Gasteiger partial charge in [-0.15, -0.1) is 22.7 Å². The highest BCUT2D eigenvalue weighted by Gasteiger charge is 2.44. The highest BCUT2D eigenvalue weighted by molar-refractivity contribution is 7.12. The zero-order valence-electron chi connectivity index (χ0n) is 49.1. The van der Waals surface area contributed by atoms with Crippen LogP contribution in [0.1, 0.15) is 65.1 Å². The third-order valence-corrected chi connectivity index (χ3v) is 18.1. The summed E-state index contributed by atoms with van der Waals surface area (Å²) in [6, 6.07) is 18.5. The van der Waals surface area contributed by atoms with Gasteiger partial charge < -0.3 is 49.9 Å². The molecule has 6 aliphatic heterocycles. The molecule has 6 aliphatic rings. The molecule has 2 aromatic heterocycles. The van der Waals surface area contributed by atoms with E-state index in [0.29, 0.717) is 121 Å². The Labute approximate surface area is 544 Å². The van der Waals surface area contributed by atoms with Crippen LogP contribution in [-0.4, -0.2) is 202 Å². The molecule has 0 aliphatic carbocycles. The van der Waals surface area contributed by atoms with Crippen molar-refractivity contribution in [2.75, 3.05) is 92.8 Å². The van der Waals surface area contributed by atoms with Crippen LogP contribution in [0.4, 0.5) is 18.4 Å². The Morgan fingerprint density at radius 3 is 1.50 bits per heavy atom. The minimum atomic E-state index is -1.03. The number of piperazine rings is 2. The molecule has 28 heteroatoms. The maximum Gasteiger partial charge on any atom is 0.338 e. The number of aliphatic imine (C=N–C) groups is 2. The van der Waals surface area contributed by atoms with Crippen LogP contribution in [0.5, 0.6) is 0 Å². The molecule has 4 amide bonds. The van der Waals surface area contributed by atoms with Gasteiger partial charge in [0.05, 0.1) is 61.7 Å². The molecular weight excluding hydrogens is 1270 g/mol. The van der Waals surface area contributed by atoms with Crippen LogP contribution in [0.3, 0.4) is 0 Å². The number of halogens is 4. The molecule has 12 rings (SSSR count). The maximum atomic E-state index is 14.0. The summed E-state index contributed by atoms with van der Waals surface area (Å²) in [6.45, 7) is 5.22. The Bertz CT molecular complexity index is 4150. The third kappa shape index (κ3) is 14.3. The molecule has 22 nitrogen and oxygen atoms in total. The molecule has 0 radical (unpaired) electrons.